The average molecular weight is 354 g/mol. The minimum atomic E-state index is -0.331. The van der Waals surface area contributed by atoms with Gasteiger partial charge in [-0.05, 0) is 49.6 Å². The molecule has 26 heavy (non-hydrogen) atoms. The second kappa shape index (κ2) is 7.47. The molecular weight excluding hydrogens is 332 g/mol. The molecule has 0 aliphatic carbocycles. The predicted molar refractivity (Wildman–Crippen MR) is 98.3 cm³/mol. The van der Waals surface area contributed by atoms with Crippen LogP contribution >= 0.6 is 0 Å². The van der Waals surface area contributed by atoms with Gasteiger partial charge < -0.3 is 20.1 Å². The van der Waals surface area contributed by atoms with Crippen molar-refractivity contribution >= 4 is 17.5 Å². The molecule has 0 spiro atoms. The molecule has 1 heterocycles. The summed E-state index contributed by atoms with van der Waals surface area (Å²) in [7, 11) is 0. The highest BCUT2D eigenvalue weighted by molar-refractivity contribution is 6.04. The number of nitrogens with one attached hydrogen (secondary N) is 2. The van der Waals surface area contributed by atoms with Crippen LogP contribution in [0.5, 0.6) is 11.5 Å². The van der Waals surface area contributed by atoms with Crippen molar-refractivity contribution in [3.05, 3.63) is 52.6 Å². The van der Waals surface area contributed by atoms with Crippen LogP contribution in [0.4, 0.5) is 5.69 Å². The second-order valence-electron chi connectivity index (χ2n) is 6.46. The molecule has 2 aromatic rings. The van der Waals surface area contributed by atoms with Crippen molar-refractivity contribution in [3.8, 4) is 11.5 Å². The van der Waals surface area contributed by atoms with E-state index in [9.17, 15) is 9.59 Å². The fourth-order valence-corrected chi connectivity index (χ4v) is 3.02. The van der Waals surface area contributed by atoms with E-state index in [0.717, 1.165) is 27.9 Å². The Morgan fingerprint density at radius 1 is 0.962 bits per heavy atom. The Morgan fingerprint density at radius 3 is 2.38 bits per heavy atom. The van der Waals surface area contributed by atoms with Crippen molar-refractivity contribution in [1.82, 2.24) is 5.32 Å². The third-order valence-electron chi connectivity index (χ3n) is 4.19. The summed E-state index contributed by atoms with van der Waals surface area (Å²) < 4.78 is 10.6. The van der Waals surface area contributed by atoms with Gasteiger partial charge in [-0.2, -0.15) is 0 Å². The molecule has 0 saturated carbocycles. The molecular formula is C20H22N2O4. The molecule has 1 aliphatic heterocycles. The number of rotatable bonds is 5. The third kappa shape index (κ3) is 4.14. The molecule has 0 unspecified atom stereocenters. The number of carbonyl (C=O) groups excluding carboxylic acids is 2. The number of amides is 2. The Labute approximate surface area is 152 Å². The van der Waals surface area contributed by atoms with E-state index in [1.807, 2.05) is 45.0 Å². The van der Waals surface area contributed by atoms with E-state index in [0.29, 0.717) is 18.0 Å². The van der Waals surface area contributed by atoms with Crippen LogP contribution in [0.3, 0.4) is 0 Å². The first-order valence-corrected chi connectivity index (χ1v) is 8.45. The van der Waals surface area contributed by atoms with E-state index in [1.165, 1.54) is 0 Å². The largest absolute Gasteiger partial charge is 0.454 e. The van der Waals surface area contributed by atoms with E-state index in [1.54, 1.807) is 6.07 Å². The first-order chi connectivity index (χ1) is 12.4. The zero-order valence-corrected chi connectivity index (χ0v) is 15.1. The van der Waals surface area contributed by atoms with Gasteiger partial charge in [-0.1, -0.05) is 23.8 Å². The lowest BCUT2D eigenvalue weighted by atomic mass is 10.0. The normalized spacial score (nSPS) is 12.0. The van der Waals surface area contributed by atoms with Crippen LogP contribution < -0.4 is 20.1 Å². The fourth-order valence-electron chi connectivity index (χ4n) is 3.02. The van der Waals surface area contributed by atoms with Crippen LogP contribution in [0, 0.1) is 20.8 Å². The van der Waals surface area contributed by atoms with Gasteiger partial charge in [0.2, 0.25) is 18.6 Å². The van der Waals surface area contributed by atoms with Gasteiger partial charge in [0.25, 0.3) is 0 Å². The molecule has 136 valence electrons. The number of hydrogen-bond donors (Lipinski definition) is 2. The number of anilines is 1. The fraction of sp³-hybridized carbons (Fsp3) is 0.300. The lowest BCUT2D eigenvalue weighted by Crippen LogP contribution is -2.28. The van der Waals surface area contributed by atoms with E-state index in [4.69, 9.17) is 9.47 Å². The highest BCUT2D eigenvalue weighted by Gasteiger charge is 2.15. The van der Waals surface area contributed by atoms with Gasteiger partial charge >= 0.3 is 0 Å². The number of fused-ring (bicyclic) bond motifs is 1. The Hall–Kier alpha value is -3.02. The van der Waals surface area contributed by atoms with Gasteiger partial charge in [0.1, 0.15) is 6.42 Å². The van der Waals surface area contributed by atoms with E-state index >= 15 is 0 Å². The third-order valence-corrected chi connectivity index (χ3v) is 4.19. The minimum absolute atomic E-state index is 0.211. The number of benzene rings is 2. The first kappa shape index (κ1) is 17.8. The predicted octanol–water partition coefficient (Wildman–Crippen LogP) is 2.99. The molecule has 1 aliphatic rings. The molecule has 6 heteroatoms. The maximum atomic E-state index is 12.2. The summed E-state index contributed by atoms with van der Waals surface area (Å²) in [4.78, 5) is 24.2. The average Bonchev–Trinajstić information content (AvgIpc) is 3.04. The summed E-state index contributed by atoms with van der Waals surface area (Å²) in [6.45, 7) is 6.42. The molecule has 6 nitrogen and oxygen atoms in total. The minimum Gasteiger partial charge on any atom is -0.454 e. The summed E-state index contributed by atoms with van der Waals surface area (Å²) in [5.74, 6) is 0.703. The maximum absolute atomic E-state index is 12.2. The van der Waals surface area contributed by atoms with Gasteiger partial charge in [-0.3, -0.25) is 9.59 Å². The lowest BCUT2D eigenvalue weighted by Gasteiger charge is -2.13. The molecule has 2 N–H and O–H groups in total. The van der Waals surface area contributed by atoms with Crippen LogP contribution in [-0.4, -0.2) is 18.6 Å². The van der Waals surface area contributed by atoms with Crippen LogP contribution in [-0.2, 0) is 16.1 Å². The molecule has 0 atom stereocenters. The Balaban J connectivity index is 1.52. The SMILES string of the molecule is Cc1cc(C)c(NC(=O)CC(=O)NCc2ccc3c(c2)OCO3)c(C)c1. The van der Waals surface area contributed by atoms with Gasteiger partial charge in [0, 0.05) is 12.2 Å². The van der Waals surface area contributed by atoms with Crippen LogP contribution in [0.25, 0.3) is 0 Å². The molecule has 0 radical (unpaired) electrons. The van der Waals surface area contributed by atoms with Gasteiger partial charge in [-0.15, -0.1) is 0 Å². The molecule has 2 amide bonds. The van der Waals surface area contributed by atoms with Crippen molar-refractivity contribution in [3.63, 3.8) is 0 Å². The van der Waals surface area contributed by atoms with Crippen molar-refractivity contribution in [2.45, 2.75) is 33.7 Å². The lowest BCUT2D eigenvalue weighted by molar-refractivity contribution is -0.126. The quantitative estimate of drug-likeness (QED) is 0.810. The molecule has 3 rings (SSSR count). The molecule has 0 aromatic heterocycles. The van der Waals surface area contributed by atoms with Crippen molar-refractivity contribution in [2.75, 3.05) is 12.1 Å². The Morgan fingerprint density at radius 2 is 1.65 bits per heavy atom. The van der Waals surface area contributed by atoms with Crippen molar-refractivity contribution < 1.29 is 19.1 Å². The van der Waals surface area contributed by atoms with Crippen molar-refractivity contribution in [2.24, 2.45) is 0 Å². The van der Waals surface area contributed by atoms with E-state index in [-0.39, 0.29) is 25.0 Å². The van der Waals surface area contributed by atoms with Crippen LogP contribution in [0.2, 0.25) is 0 Å². The van der Waals surface area contributed by atoms with Gasteiger partial charge in [0.05, 0.1) is 0 Å². The monoisotopic (exact) mass is 354 g/mol. The summed E-state index contributed by atoms with van der Waals surface area (Å²) in [5.41, 5.74) is 4.75. The standard InChI is InChI=1S/C20H22N2O4/c1-12-6-13(2)20(14(3)7-12)22-19(24)9-18(23)21-10-15-4-5-16-17(8-15)26-11-25-16/h4-8H,9-11H2,1-3H3,(H,21,23)(H,22,24). The number of aryl methyl sites for hydroxylation is 3. The highest BCUT2D eigenvalue weighted by Crippen LogP contribution is 2.32. The Kier molecular flexibility index (Phi) is 5.11. The summed E-state index contributed by atoms with van der Waals surface area (Å²) in [5, 5.41) is 5.58. The number of hydrogen-bond acceptors (Lipinski definition) is 4. The zero-order chi connectivity index (χ0) is 18.7. The van der Waals surface area contributed by atoms with Crippen LogP contribution in [0.1, 0.15) is 28.7 Å². The summed E-state index contributed by atoms with van der Waals surface area (Å²) >= 11 is 0. The highest BCUT2D eigenvalue weighted by atomic mass is 16.7. The van der Waals surface area contributed by atoms with E-state index < -0.39 is 0 Å². The Bertz CT molecular complexity index is 838. The smallest absolute Gasteiger partial charge is 0.233 e. The topological polar surface area (TPSA) is 76.7 Å². The summed E-state index contributed by atoms with van der Waals surface area (Å²) in [6, 6.07) is 9.48. The van der Waals surface area contributed by atoms with E-state index in [2.05, 4.69) is 10.6 Å². The first-order valence-electron chi connectivity index (χ1n) is 8.45. The zero-order valence-electron chi connectivity index (χ0n) is 15.1. The molecule has 0 saturated heterocycles. The molecule has 0 fully saturated rings. The maximum Gasteiger partial charge on any atom is 0.233 e. The molecule has 2 aromatic carbocycles. The number of ether oxygens (including phenoxy) is 2. The van der Waals surface area contributed by atoms with Gasteiger partial charge in [0.15, 0.2) is 11.5 Å². The second-order valence-corrected chi connectivity index (χ2v) is 6.46. The number of carbonyl (C=O) groups is 2. The van der Waals surface area contributed by atoms with Gasteiger partial charge in [-0.25, -0.2) is 0 Å². The van der Waals surface area contributed by atoms with Crippen molar-refractivity contribution in [1.29, 1.82) is 0 Å². The summed E-state index contributed by atoms with van der Waals surface area (Å²) in [6.07, 6.45) is -0.225. The molecule has 0 bridgehead atoms. The van der Waals surface area contributed by atoms with Crippen LogP contribution in [0.15, 0.2) is 30.3 Å².